The molecule has 1 fully saturated rings. The molecule has 0 spiro atoms. The van der Waals surface area contributed by atoms with Gasteiger partial charge in [0.1, 0.15) is 5.54 Å². The molecule has 1 saturated carbocycles. The minimum atomic E-state index is -0.912. The van der Waals surface area contributed by atoms with Crippen LogP contribution in [0, 0.1) is 5.41 Å². The van der Waals surface area contributed by atoms with Gasteiger partial charge in [-0.15, -0.1) is 0 Å². The summed E-state index contributed by atoms with van der Waals surface area (Å²) < 4.78 is 5.68. The molecule has 1 aromatic carbocycles. The van der Waals surface area contributed by atoms with E-state index in [9.17, 15) is 4.79 Å². The lowest BCUT2D eigenvalue weighted by Gasteiger charge is -2.57. The van der Waals surface area contributed by atoms with Gasteiger partial charge in [-0.1, -0.05) is 43.1 Å². The summed E-state index contributed by atoms with van der Waals surface area (Å²) in [6.07, 6.45) is 1.17. The summed E-state index contributed by atoms with van der Waals surface area (Å²) in [6, 6.07) is 5.30. The van der Waals surface area contributed by atoms with E-state index in [1.54, 1.807) is 12.1 Å². The zero-order valence-electron chi connectivity index (χ0n) is 14.7. The number of nitrogens with one attached hydrogen (secondary N) is 1. The molecule has 0 saturated heterocycles. The third kappa shape index (κ3) is 3.57. The standard InChI is InChI=1S/C18H26Cl2N2O2/c1-5-24-15-10-18(21,17(15,3)4)16(23)22-11(2)8-12-6-7-13(19)9-14(12)20/h6-7,9,11,15H,5,8,10,21H2,1-4H3,(H,22,23). The van der Waals surface area contributed by atoms with Crippen LogP contribution in [0.2, 0.25) is 10.0 Å². The van der Waals surface area contributed by atoms with Crippen molar-refractivity contribution in [3.05, 3.63) is 33.8 Å². The number of hydrogen-bond donors (Lipinski definition) is 2. The second-order valence-corrected chi connectivity index (χ2v) is 8.00. The van der Waals surface area contributed by atoms with Gasteiger partial charge in [0.2, 0.25) is 5.91 Å². The van der Waals surface area contributed by atoms with Gasteiger partial charge in [0, 0.05) is 34.5 Å². The Kier molecular flexibility index (Phi) is 5.86. The number of rotatable bonds is 6. The Morgan fingerprint density at radius 3 is 2.67 bits per heavy atom. The molecule has 1 amide bonds. The smallest absolute Gasteiger partial charge is 0.241 e. The lowest BCUT2D eigenvalue weighted by molar-refractivity contribution is -0.171. The highest BCUT2D eigenvalue weighted by atomic mass is 35.5. The molecule has 0 bridgehead atoms. The van der Waals surface area contributed by atoms with Crippen molar-refractivity contribution in [2.45, 2.75) is 58.2 Å². The Bertz CT molecular complexity index is 621. The molecular formula is C18H26Cl2N2O2. The molecule has 6 heteroatoms. The van der Waals surface area contributed by atoms with Crippen LogP contribution in [-0.2, 0) is 16.0 Å². The molecule has 2 rings (SSSR count). The van der Waals surface area contributed by atoms with Gasteiger partial charge in [0.25, 0.3) is 0 Å². The van der Waals surface area contributed by atoms with Gasteiger partial charge in [-0.25, -0.2) is 0 Å². The van der Waals surface area contributed by atoms with Crippen LogP contribution in [-0.4, -0.2) is 30.2 Å². The van der Waals surface area contributed by atoms with Crippen LogP contribution in [0.4, 0.5) is 0 Å². The molecule has 3 unspecified atom stereocenters. The Labute approximate surface area is 154 Å². The maximum absolute atomic E-state index is 12.7. The second-order valence-electron chi connectivity index (χ2n) is 7.16. The zero-order chi connectivity index (χ0) is 18.1. The van der Waals surface area contributed by atoms with Gasteiger partial charge in [-0.2, -0.15) is 0 Å². The average molecular weight is 373 g/mol. The van der Waals surface area contributed by atoms with Crippen LogP contribution >= 0.6 is 23.2 Å². The lowest BCUT2D eigenvalue weighted by Crippen LogP contribution is -2.76. The first kappa shape index (κ1) is 19.5. The summed E-state index contributed by atoms with van der Waals surface area (Å²) in [5.74, 6) is -0.138. The number of amides is 1. The van der Waals surface area contributed by atoms with Crippen molar-refractivity contribution in [3.8, 4) is 0 Å². The summed E-state index contributed by atoms with van der Waals surface area (Å²) in [5.41, 5.74) is 6.04. The molecule has 1 aromatic rings. The maximum Gasteiger partial charge on any atom is 0.241 e. The van der Waals surface area contributed by atoms with Crippen LogP contribution in [0.5, 0.6) is 0 Å². The Morgan fingerprint density at radius 1 is 1.46 bits per heavy atom. The molecular weight excluding hydrogens is 347 g/mol. The summed E-state index contributed by atoms with van der Waals surface area (Å²) in [4.78, 5) is 12.7. The van der Waals surface area contributed by atoms with Crippen LogP contribution < -0.4 is 11.1 Å². The van der Waals surface area contributed by atoms with Gasteiger partial charge in [-0.3, -0.25) is 4.79 Å². The molecule has 1 aliphatic rings. The second kappa shape index (κ2) is 7.20. The summed E-state index contributed by atoms with van der Waals surface area (Å²) >= 11 is 12.1. The van der Waals surface area contributed by atoms with Crippen molar-refractivity contribution in [2.75, 3.05) is 6.61 Å². The molecule has 0 aromatic heterocycles. The number of nitrogens with two attached hydrogens (primary N) is 1. The maximum atomic E-state index is 12.7. The van der Waals surface area contributed by atoms with Crippen molar-refractivity contribution >= 4 is 29.1 Å². The fourth-order valence-corrected chi connectivity index (χ4v) is 3.73. The van der Waals surface area contributed by atoms with Crippen molar-refractivity contribution in [2.24, 2.45) is 11.1 Å². The molecule has 0 radical (unpaired) electrons. The number of hydrogen-bond acceptors (Lipinski definition) is 3. The SMILES string of the molecule is CCOC1CC(N)(C(=O)NC(C)Cc2ccc(Cl)cc2Cl)C1(C)C. The Morgan fingerprint density at radius 2 is 2.12 bits per heavy atom. The molecule has 1 aliphatic carbocycles. The van der Waals surface area contributed by atoms with Gasteiger partial charge in [0.15, 0.2) is 0 Å². The number of benzene rings is 1. The zero-order valence-corrected chi connectivity index (χ0v) is 16.2. The Hall–Kier alpha value is -0.810. The number of ether oxygens (including phenoxy) is 1. The fraction of sp³-hybridized carbons (Fsp3) is 0.611. The summed E-state index contributed by atoms with van der Waals surface area (Å²) in [5, 5.41) is 4.22. The third-order valence-electron chi connectivity index (χ3n) is 5.15. The molecule has 134 valence electrons. The van der Waals surface area contributed by atoms with Gasteiger partial charge >= 0.3 is 0 Å². The first-order chi connectivity index (χ1) is 11.1. The van der Waals surface area contributed by atoms with E-state index >= 15 is 0 Å². The summed E-state index contributed by atoms with van der Waals surface area (Å²) in [7, 11) is 0. The number of carbonyl (C=O) groups is 1. The van der Waals surface area contributed by atoms with E-state index in [0.717, 1.165) is 5.56 Å². The van der Waals surface area contributed by atoms with E-state index in [2.05, 4.69) is 5.32 Å². The molecule has 3 N–H and O–H groups in total. The van der Waals surface area contributed by atoms with Gasteiger partial charge in [-0.05, 0) is 38.0 Å². The predicted molar refractivity (Wildman–Crippen MR) is 98.5 cm³/mol. The van der Waals surface area contributed by atoms with E-state index in [-0.39, 0.29) is 18.1 Å². The highest BCUT2D eigenvalue weighted by Gasteiger charge is 2.62. The molecule has 0 aliphatic heterocycles. The molecule has 0 heterocycles. The van der Waals surface area contributed by atoms with Gasteiger partial charge < -0.3 is 15.8 Å². The largest absolute Gasteiger partial charge is 0.378 e. The number of halogens is 2. The van der Waals surface area contributed by atoms with E-state index in [0.29, 0.717) is 29.5 Å². The average Bonchev–Trinajstić information content (AvgIpc) is 2.49. The van der Waals surface area contributed by atoms with Crippen LogP contribution in [0.25, 0.3) is 0 Å². The monoisotopic (exact) mass is 372 g/mol. The molecule has 3 atom stereocenters. The summed E-state index contributed by atoms with van der Waals surface area (Å²) in [6.45, 7) is 8.48. The van der Waals surface area contributed by atoms with Crippen molar-refractivity contribution in [3.63, 3.8) is 0 Å². The predicted octanol–water partition coefficient (Wildman–Crippen LogP) is 3.57. The number of carbonyl (C=O) groups excluding carboxylic acids is 1. The fourth-order valence-electron chi connectivity index (χ4n) is 3.24. The van der Waals surface area contributed by atoms with Crippen molar-refractivity contribution in [1.82, 2.24) is 5.32 Å². The highest BCUT2D eigenvalue weighted by Crippen LogP contribution is 2.49. The Balaban J connectivity index is 1.99. The van der Waals surface area contributed by atoms with E-state index in [1.165, 1.54) is 0 Å². The topological polar surface area (TPSA) is 64.3 Å². The van der Waals surface area contributed by atoms with Crippen LogP contribution in [0.3, 0.4) is 0 Å². The lowest BCUT2D eigenvalue weighted by atomic mass is 9.54. The van der Waals surface area contributed by atoms with Crippen LogP contribution in [0.15, 0.2) is 18.2 Å². The molecule has 4 nitrogen and oxygen atoms in total. The first-order valence-corrected chi connectivity index (χ1v) is 9.02. The van der Waals surface area contributed by atoms with E-state index in [1.807, 2.05) is 33.8 Å². The first-order valence-electron chi connectivity index (χ1n) is 8.27. The van der Waals surface area contributed by atoms with Crippen LogP contribution in [0.1, 0.15) is 39.7 Å². The highest BCUT2D eigenvalue weighted by molar-refractivity contribution is 6.35. The molecule has 24 heavy (non-hydrogen) atoms. The normalized spacial score (nSPS) is 26.5. The minimum Gasteiger partial charge on any atom is -0.378 e. The van der Waals surface area contributed by atoms with E-state index in [4.69, 9.17) is 33.7 Å². The third-order valence-corrected chi connectivity index (χ3v) is 5.74. The minimum absolute atomic E-state index is 0.0132. The van der Waals surface area contributed by atoms with E-state index < -0.39 is 11.0 Å². The quantitative estimate of drug-likeness (QED) is 0.801. The van der Waals surface area contributed by atoms with Gasteiger partial charge in [0.05, 0.1) is 6.10 Å². The van der Waals surface area contributed by atoms with Crippen molar-refractivity contribution < 1.29 is 9.53 Å². The van der Waals surface area contributed by atoms with Crippen molar-refractivity contribution in [1.29, 1.82) is 0 Å².